The minimum Gasteiger partial charge on any atom is -0.501 e. The molecule has 0 amide bonds. The van der Waals surface area contributed by atoms with Crippen LogP contribution in [0.1, 0.15) is 35.6 Å². The van der Waals surface area contributed by atoms with Gasteiger partial charge in [-0.25, -0.2) is 19.4 Å². The molecular weight excluding hydrogens is 390 g/mol. The Morgan fingerprint density at radius 2 is 2.00 bits per heavy atom. The summed E-state index contributed by atoms with van der Waals surface area (Å²) < 4.78 is 4.77. The number of carboxylic acid groups (broad SMARTS) is 2. The van der Waals surface area contributed by atoms with Crippen LogP contribution in [0.2, 0.25) is 0 Å². The molecule has 12 nitrogen and oxygen atoms in total. The minimum absolute atomic E-state index is 0.00612. The van der Waals surface area contributed by atoms with E-state index in [-0.39, 0.29) is 38.5 Å². The molecule has 0 spiro atoms. The van der Waals surface area contributed by atoms with Gasteiger partial charge in [0.15, 0.2) is 5.69 Å². The van der Waals surface area contributed by atoms with Crippen molar-refractivity contribution in [1.82, 2.24) is 14.9 Å². The van der Waals surface area contributed by atoms with Crippen LogP contribution in [-0.4, -0.2) is 79.5 Å². The third-order valence-corrected chi connectivity index (χ3v) is 4.38. The smallest absolute Gasteiger partial charge is 0.361 e. The molecule has 29 heavy (non-hydrogen) atoms. The number of carboxylic acids is 2. The van der Waals surface area contributed by atoms with E-state index in [1.807, 2.05) is 0 Å². The highest BCUT2D eigenvalue weighted by atomic mass is 16.5. The number of hydrogen-bond acceptors (Lipinski definition) is 9. The van der Waals surface area contributed by atoms with Gasteiger partial charge in [-0.05, 0) is 13.3 Å². The molecule has 12 heteroatoms. The normalized spacial score (nSPS) is 19.7. The molecule has 0 aliphatic carbocycles. The van der Waals surface area contributed by atoms with Gasteiger partial charge in [-0.1, -0.05) is 0 Å². The lowest BCUT2D eigenvalue weighted by Gasteiger charge is -2.38. The number of likely N-dealkylation sites (tertiary alicyclic amines) is 1. The van der Waals surface area contributed by atoms with E-state index in [0.29, 0.717) is 6.08 Å². The molecule has 0 aromatic carbocycles. The van der Waals surface area contributed by atoms with Crippen LogP contribution < -0.4 is 5.56 Å². The number of nitrogens with one attached hydrogen (secondary N) is 1. The van der Waals surface area contributed by atoms with Crippen molar-refractivity contribution in [2.24, 2.45) is 5.92 Å². The number of aromatic hydroxyl groups is 1. The molecule has 1 aromatic heterocycles. The second kappa shape index (κ2) is 9.19. The number of H-pyrrole nitrogens is 1. The van der Waals surface area contributed by atoms with Crippen LogP contribution in [0.15, 0.2) is 16.6 Å². The van der Waals surface area contributed by atoms with Crippen LogP contribution in [0, 0.1) is 5.92 Å². The van der Waals surface area contributed by atoms with Crippen LogP contribution in [0.3, 0.4) is 0 Å². The number of aliphatic hydroxyl groups excluding tert-OH is 1. The first kappa shape index (κ1) is 21.9. The zero-order chi connectivity index (χ0) is 21.7. The standard InChI is InChI=1S/C17H21N3O9/c1-2-29-17(28)12-13(24)15(25)19-14(18-12)9-3-8(7-21)5-20(6-9)10(16(26)27)4-11(22)23/h4,8-9,21,24H,2-3,5-7H2,1H3,(H,22,23)(H,26,27)(H,18,19,25). The number of aliphatic carboxylic acids is 2. The number of piperidine rings is 1. The van der Waals surface area contributed by atoms with Gasteiger partial charge in [0.1, 0.15) is 11.5 Å². The molecule has 1 fully saturated rings. The fourth-order valence-corrected chi connectivity index (χ4v) is 3.16. The highest BCUT2D eigenvalue weighted by Gasteiger charge is 2.34. The predicted octanol–water partition coefficient (Wildman–Crippen LogP) is -0.897. The summed E-state index contributed by atoms with van der Waals surface area (Å²) in [5.41, 5.74) is -2.05. The Balaban J connectivity index is 2.45. The average molecular weight is 411 g/mol. The fourth-order valence-electron chi connectivity index (χ4n) is 3.16. The van der Waals surface area contributed by atoms with E-state index in [4.69, 9.17) is 9.84 Å². The van der Waals surface area contributed by atoms with Crippen molar-refractivity contribution >= 4 is 17.9 Å². The van der Waals surface area contributed by atoms with E-state index in [1.54, 1.807) is 0 Å². The molecule has 5 N–H and O–H groups in total. The van der Waals surface area contributed by atoms with Crippen molar-refractivity contribution in [3.8, 4) is 5.75 Å². The topological polar surface area (TPSA) is 190 Å². The Morgan fingerprint density at radius 3 is 2.55 bits per heavy atom. The van der Waals surface area contributed by atoms with Crippen molar-refractivity contribution in [2.45, 2.75) is 19.3 Å². The highest BCUT2D eigenvalue weighted by molar-refractivity contribution is 5.94. The van der Waals surface area contributed by atoms with Gasteiger partial charge in [0.25, 0.3) is 5.56 Å². The number of esters is 1. The van der Waals surface area contributed by atoms with E-state index in [9.17, 15) is 34.5 Å². The summed E-state index contributed by atoms with van der Waals surface area (Å²) in [5.74, 6) is -5.94. The van der Waals surface area contributed by atoms with Gasteiger partial charge in [0.2, 0.25) is 5.75 Å². The van der Waals surface area contributed by atoms with Gasteiger partial charge in [-0.3, -0.25) is 4.79 Å². The number of hydrogen-bond donors (Lipinski definition) is 5. The van der Waals surface area contributed by atoms with E-state index in [2.05, 4.69) is 9.97 Å². The first-order chi connectivity index (χ1) is 13.7. The number of ether oxygens (including phenoxy) is 1. The number of nitrogens with zero attached hydrogens (tertiary/aromatic N) is 2. The summed E-state index contributed by atoms with van der Waals surface area (Å²) in [4.78, 5) is 54.0. The van der Waals surface area contributed by atoms with Crippen molar-refractivity contribution in [3.05, 3.63) is 33.6 Å². The van der Waals surface area contributed by atoms with Crippen LogP contribution >= 0.6 is 0 Å². The van der Waals surface area contributed by atoms with Crippen LogP contribution in [0.25, 0.3) is 0 Å². The third-order valence-electron chi connectivity index (χ3n) is 4.38. The quantitative estimate of drug-likeness (QED) is 0.276. The molecule has 0 saturated carbocycles. The second-order valence-electron chi connectivity index (χ2n) is 6.43. The van der Waals surface area contributed by atoms with Crippen molar-refractivity contribution in [1.29, 1.82) is 0 Å². The monoisotopic (exact) mass is 411 g/mol. The summed E-state index contributed by atoms with van der Waals surface area (Å²) in [6.45, 7) is 1.24. The van der Waals surface area contributed by atoms with Gasteiger partial charge in [-0.2, -0.15) is 0 Å². The summed E-state index contributed by atoms with van der Waals surface area (Å²) in [5, 5.41) is 37.7. The van der Waals surface area contributed by atoms with Gasteiger partial charge in [0.05, 0.1) is 12.7 Å². The molecule has 2 unspecified atom stereocenters. The largest absolute Gasteiger partial charge is 0.501 e. The summed E-state index contributed by atoms with van der Waals surface area (Å²) in [6, 6.07) is 0. The Morgan fingerprint density at radius 1 is 1.31 bits per heavy atom. The molecule has 0 bridgehead atoms. The number of aromatic amines is 1. The number of carbonyl (C=O) groups excluding carboxylic acids is 1. The van der Waals surface area contributed by atoms with Crippen LogP contribution in [0.5, 0.6) is 5.75 Å². The number of carbonyl (C=O) groups is 3. The third kappa shape index (κ3) is 5.10. The molecule has 2 atom stereocenters. The van der Waals surface area contributed by atoms with Gasteiger partial charge >= 0.3 is 17.9 Å². The molecule has 2 heterocycles. The lowest BCUT2D eigenvalue weighted by atomic mass is 9.88. The molecule has 0 radical (unpaired) electrons. The van der Waals surface area contributed by atoms with Crippen LogP contribution in [0.4, 0.5) is 0 Å². The average Bonchev–Trinajstić information content (AvgIpc) is 2.67. The van der Waals surface area contributed by atoms with Crippen LogP contribution in [-0.2, 0) is 14.3 Å². The molecule has 1 aliphatic heterocycles. The van der Waals surface area contributed by atoms with E-state index < -0.39 is 52.4 Å². The lowest BCUT2D eigenvalue weighted by Crippen LogP contribution is -2.43. The fraction of sp³-hybridized carbons (Fsp3) is 0.471. The van der Waals surface area contributed by atoms with E-state index in [1.165, 1.54) is 11.8 Å². The van der Waals surface area contributed by atoms with Crippen molar-refractivity contribution in [3.63, 3.8) is 0 Å². The SMILES string of the molecule is CCOC(=O)c1nc(C2CC(CO)CN(C(=CC(=O)O)C(=O)O)C2)[nH]c(=O)c1O. The van der Waals surface area contributed by atoms with Gasteiger partial charge in [0, 0.05) is 31.5 Å². The zero-order valence-electron chi connectivity index (χ0n) is 15.5. The maximum Gasteiger partial charge on any atom is 0.361 e. The Kier molecular flexibility index (Phi) is 6.93. The predicted molar refractivity (Wildman–Crippen MR) is 95.3 cm³/mol. The molecule has 1 aliphatic rings. The van der Waals surface area contributed by atoms with E-state index >= 15 is 0 Å². The second-order valence-corrected chi connectivity index (χ2v) is 6.43. The van der Waals surface area contributed by atoms with Crippen molar-refractivity contribution < 1.29 is 39.5 Å². The number of rotatable bonds is 7. The van der Waals surface area contributed by atoms with E-state index in [0.717, 1.165) is 0 Å². The summed E-state index contributed by atoms with van der Waals surface area (Å²) in [7, 11) is 0. The molecule has 2 rings (SSSR count). The molecular formula is C17H21N3O9. The Labute approximate surface area is 164 Å². The molecule has 1 saturated heterocycles. The number of aromatic nitrogens is 2. The molecule has 158 valence electrons. The summed E-state index contributed by atoms with van der Waals surface area (Å²) >= 11 is 0. The highest BCUT2D eigenvalue weighted by Crippen LogP contribution is 2.30. The van der Waals surface area contributed by atoms with Gasteiger partial charge < -0.3 is 35.0 Å². The lowest BCUT2D eigenvalue weighted by molar-refractivity contribution is -0.137. The Bertz CT molecular complexity index is 893. The number of aliphatic hydroxyl groups is 1. The first-order valence-electron chi connectivity index (χ1n) is 8.71. The maximum atomic E-state index is 12.0. The molecule has 1 aromatic rings. The minimum atomic E-state index is -1.47. The zero-order valence-corrected chi connectivity index (χ0v) is 15.5. The first-order valence-corrected chi connectivity index (χ1v) is 8.71. The Hall–Kier alpha value is -3.41. The van der Waals surface area contributed by atoms with Gasteiger partial charge in [-0.15, -0.1) is 0 Å². The maximum absolute atomic E-state index is 12.0. The van der Waals surface area contributed by atoms with Crippen molar-refractivity contribution in [2.75, 3.05) is 26.3 Å². The summed E-state index contributed by atoms with van der Waals surface area (Å²) in [6.07, 6.45) is 0.819.